The van der Waals surface area contributed by atoms with Gasteiger partial charge in [0.2, 0.25) is 0 Å². The van der Waals surface area contributed by atoms with Gasteiger partial charge in [0.25, 0.3) is 17.4 Å². The molecule has 0 unspecified atom stereocenters. The number of methoxy groups -OCH3 is 2. The summed E-state index contributed by atoms with van der Waals surface area (Å²) in [5.41, 5.74) is 2.08. The van der Waals surface area contributed by atoms with Crippen molar-refractivity contribution in [3.63, 3.8) is 0 Å². The third-order valence-corrected chi connectivity index (χ3v) is 6.88. The number of rotatable bonds is 8. The number of ether oxygens (including phenoxy) is 2. The Kier molecular flexibility index (Phi) is 6.76. The molecule has 2 heterocycles. The van der Waals surface area contributed by atoms with Gasteiger partial charge < -0.3 is 24.5 Å². The number of Topliss-reactive ketones (excluding diaryl/α,β-unsaturated/α-hetero) is 1. The highest BCUT2D eigenvalue weighted by Gasteiger charge is 2.46. The van der Waals surface area contributed by atoms with Crippen LogP contribution in [0.3, 0.4) is 0 Å². The van der Waals surface area contributed by atoms with Crippen LogP contribution in [-0.2, 0) is 16.0 Å². The topological polar surface area (TPSA) is 135 Å². The van der Waals surface area contributed by atoms with E-state index in [1.54, 1.807) is 37.4 Å². The molecule has 1 aromatic heterocycles. The summed E-state index contributed by atoms with van der Waals surface area (Å²) < 4.78 is 10.6. The summed E-state index contributed by atoms with van der Waals surface area (Å²) in [4.78, 5) is 42.2. The van der Waals surface area contributed by atoms with Crippen molar-refractivity contribution in [2.45, 2.75) is 12.5 Å². The number of carbonyl (C=O) groups excluding carboxylic acids is 2. The molecule has 1 saturated heterocycles. The number of hydrogen-bond acceptors (Lipinski definition) is 7. The Balaban J connectivity index is 1.59. The van der Waals surface area contributed by atoms with Gasteiger partial charge in [0.1, 0.15) is 17.3 Å². The highest BCUT2D eigenvalue weighted by atomic mass is 16.6. The molecule has 10 nitrogen and oxygen atoms in total. The number of nitrogens with one attached hydrogen (secondary N) is 1. The van der Waals surface area contributed by atoms with Gasteiger partial charge in [0.15, 0.2) is 0 Å². The van der Waals surface area contributed by atoms with E-state index in [-0.39, 0.29) is 29.1 Å². The average molecular weight is 528 g/mol. The first-order valence-corrected chi connectivity index (χ1v) is 12.1. The molecule has 0 saturated carbocycles. The van der Waals surface area contributed by atoms with E-state index in [2.05, 4.69) is 4.98 Å². The normalized spacial score (nSPS) is 16.6. The Morgan fingerprint density at radius 1 is 1.03 bits per heavy atom. The van der Waals surface area contributed by atoms with Crippen LogP contribution in [0.4, 0.5) is 5.69 Å². The van der Waals surface area contributed by atoms with Gasteiger partial charge >= 0.3 is 0 Å². The van der Waals surface area contributed by atoms with Crippen LogP contribution in [0.1, 0.15) is 22.7 Å². The van der Waals surface area contributed by atoms with E-state index < -0.39 is 22.7 Å². The van der Waals surface area contributed by atoms with Crippen LogP contribution in [-0.4, -0.2) is 52.4 Å². The Morgan fingerprint density at radius 3 is 2.51 bits per heavy atom. The van der Waals surface area contributed by atoms with Crippen LogP contribution in [0.25, 0.3) is 16.7 Å². The number of aliphatic hydroxyl groups excluding tert-OH is 1. The number of amides is 1. The van der Waals surface area contributed by atoms with E-state index in [9.17, 15) is 24.8 Å². The fourth-order valence-electron chi connectivity index (χ4n) is 4.92. The fourth-order valence-corrected chi connectivity index (χ4v) is 4.92. The second-order valence-electron chi connectivity index (χ2n) is 9.05. The molecule has 5 rings (SSSR count). The summed E-state index contributed by atoms with van der Waals surface area (Å²) in [6.45, 7) is 0.122. The number of carbonyl (C=O) groups is 2. The van der Waals surface area contributed by atoms with Crippen LogP contribution >= 0.6 is 0 Å². The minimum absolute atomic E-state index is 0.122. The summed E-state index contributed by atoms with van der Waals surface area (Å²) in [5, 5.41) is 23.7. The lowest BCUT2D eigenvalue weighted by Crippen LogP contribution is -2.31. The van der Waals surface area contributed by atoms with Gasteiger partial charge in [-0.05, 0) is 47.9 Å². The summed E-state index contributed by atoms with van der Waals surface area (Å²) >= 11 is 0. The molecule has 10 heteroatoms. The zero-order valence-electron chi connectivity index (χ0n) is 21.2. The molecule has 0 spiro atoms. The Morgan fingerprint density at radius 2 is 1.77 bits per heavy atom. The molecule has 1 amide bonds. The first-order valence-electron chi connectivity index (χ1n) is 12.1. The number of hydrogen-bond donors (Lipinski definition) is 2. The number of nitrogens with zero attached hydrogens (tertiary/aromatic N) is 2. The van der Waals surface area contributed by atoms with Crippen LogP contribution in [0.2, 0.25) is 0 Å². The number of benzene rings is 3. The molecule has 39 heavy (non-hydrogen) atoms. The summed E-state index contributed by atoms with van der Waals surface area (Å²) in [6, 6.07) is 16.8. The molecule has 198 valence electrons. The van der Waals surface area contributed by atoms with Crippen molar-refractivity contribution in [3.8, 4) is 11.5 Å². The number of ketones is 1. The Bertz CT molecular complexity index is 1640. The number of aromatic amines is 1. The van der Waals surface area contributed by atoms with Crippen LogP contribution in [0.5, 0.6) is 11.5 Å². The molecular formula is C29H25N3O7. The maximum Gasteiger partial charge on any atom is 0.295 e. The van der Waals surface area contributed by atoms with Gasteiger partial charge in [0, 0.05) is 41.3 Å². The van der Waals surface area contributed by atoms with Crippen molar-refractivity contribution in [3.05, 3.63) is 105 Å². The zero-order chi connectivity index (χ0) is 27.7. The monoisotopic (exact) mass is 527 g/mol. The largest absolute Gasteiger partial charge is 0.507 e. The molecule has 2 N–H and O–H groups in total. The molecule has 4 aromatic rings. The smallest absolute Gasteiger partial charge is 0.295 e. The van der Waals surface area contributed by atoms with Crippen LogP contribution in [0.15, 0.2) is 78.5 Å². The number of H-pyrrole nitrogens is 1. The molecule has 3 aromatic carbocycles. The number of aliphatic hydroxyl groups is 1. The Hall–Kier alpha value is -5.12. The SMILES string of the molecule is COc1cccc(C(O)=C2C(=O)C(=O)N(CCc3c[nH]c4ccc(OC)cc34)[C@H]2c2cccc([N+](=O)[O-])c2)c1. The molecule has 1 fully saturated rings. The van der Waals surface area contributed by atoms with Crippen molar-refractivity contribution >= 4 is 34.0 Å². The van der Waals surface area contributed by atoms with Crippen molar-refractivity contribution in [1.82, 2.24) is 9.88 Å². The van der Waals surface area contributed by atoms with Gasteiger partial charge in [-0.15, -0.1) is 0 Å². The second kappa shape index (κ2) is 10.3. The van der Waals surface area contributed by atoms with Crippen LogP contribution in [0, 0.1) is 10.1 Å². The quantitative estimate of drug-likeness (QED) is 0.111. The predicted octanol–water partition coefficient (Wildman–Crippen LogP) is 4.76. The molecule has 0 radical (unpaired) electrons. The average Bonchev–Trinajstić information content (AvgIpc) is 3.48. The highest BCUT2D eigenvalue weighted by Crippen LogP contribution is 2.41. The van der Waals surface area contributed by atoms with E-state index >= 15 is 0 Å². The van der Waals surface area contributed by atoms with Gasteiger partial charge in [0.05, 0.1) is 30.8 Å². The van der Waals surface area contributed by atoms with Crippen molar-refractivity contribution in [2.75, 3.05) is 20.8 Å². The maximum absolute atomic E-state index is 13.3. The van der Waals surface area contributed by atoms with E-state index in [0.717, 1.165) is 16.5 Å². The van der Waals surface area contributed by atoms with Crippen molar-refractivity contribution in [1.29, 1.82) is 0 Å². The third-order valence-electron chi connectivity index (χ3n) is 6.88. The van der Waals surface area contributed by atoms with E-state index in [1.807, 2.05) is 24.4 Å². The molecule has 1 atom stereocenters. The summed E-state index contributed by atoms with van der Waals surface area (Å²) in [6.07, 6.45) is 2.21. The van der Waals surface area contributed by atoms with Crippen molar-refractivity contribution < 1.29 is 29.1 Å². The molecule has 1 aliphatic rings. The first kappa shape index (κ1) is 25.5. The Labute approximate surface area is 223 Å². The number of aromatic nitrogens is 1. The lowest BCUT2D eigenvalue weighted by molar-refractivity contribution is -0.384. The highest BCUT2D eigenvalue weighted by molar-refractivity contribution is 6.46. The lowest BCUT2D eigenvalue weighted by Gasteiger charge is -2.25. The van der Waals surface area contributed by atoms with Gasteiger partial charge in [-0.25, -0.2) is 0 Å². The molecule has 1 aliphatic heterocycles. The summed E-state index contributed by atoms with van der Waals surface area (Å²) in [5.74, 6) is -0.919. The van der Waals surface area contributed by atoms with Gasteiger partial charge in [-0.2, -0.15) is 0 Å². The zero-order valence-corrected chi connectivity index (χ0v) is 21.2. The van der Waals surface area contributed by atoms with Crippen LogP contribution < -0.4 is 9.47 Å². The van der Waals surface area contributed by atoms with E-state index in [1.165, 1.54) is 30.2 Å². The summed E-state index contributed by atoms with van der Waals surface area (Å²) in [7, 11) is 3.05. The minimum Gasteiger partial charge on any atom is -0.507 e. The third kappa shape index (κ3) is 4.68. The second-order valence-corrected chi connectivity index (χ2v) is 9.05. The first-order chi connectivity index (χ1) is 18.8. The van der Waals surface area contributed by atoms with Gasteiger partial charge in [-0.3, -0.25) is 19.7 Å². The number of nitro groups is 1. The predicted molar refractivity (Wildman–Crippen MR) is 144 cm³/mol. The molecule has 0 aliphatic carbocycles. The number of non-ortho nitro benzene ring substituents is 1. The number of fused-ring (bicyclic) bond motifs is 1. The standard InChI is InChI=1S/C29H25N3O7/c1-38-21-8-4-6-18(14-21)27(33)25-26(17-5-3-7-20(13-17)32(36)37)31(29(35)28(25)34)12-11-19-16-30-24-10-9-22(39-2)15-23(19)24/h3-10,13-16,26,30,33H,11-12H2,1-2H3/t26-/m0/s1. The fraction of sp³-hybridized carbons (Fsp3) is 0.172. The molecular weight excluding hydrogens is 502 g/mol. The van der Waals surface area contributed by atoms with Gasteiger partial charge in [-0.1, -0.05) is 24.3 Å². The van der Waals surface area contributed by atoms with E-state index in [0.29, 0.717) is 23.5 Å². The number of nitro benzene ring substituents is 1. The van der Waals surface area contributed by atoms with Crippen molar-refractivity contribution in [2.24, 2.45) is 0 Å². The lowest BCUT2D eigenvalue weighted by atomic mass is 9.94. The minimum atomic E-state index is -1.03. The van der Waals surface area contributed by atoms with E-state index in [4.69, 9.17) is 9.47 Å². The molecule has 0 bridgehead atoms. The maximum atomic E-state index is 13.3. The number of likely N-dealkylation sites (tertiary alicyclic amines) is 1.